The molecule has 2 rings (SSSR count). The van der Waals surface area contributed by atoms with Crippen LogP contribution >= 0.6 is 50.1 Å². The molecule has 0 saturated heterocycles. The third-order valence-electron chi connectivity index (χ3n) is 2.41. The third-order valence-corrected chi connectivity index (χ3v) is 4.94. The van der Waals surface area contributed by atoms with Crippen molar-refractivity contribution in [2.24, 2.45) is 0 Å². The number of anilines is 2. The molecular weight excluding hydrogens is 440 g/mol. The Morgan fingerprint density at radius 1 is 1.32 bits per heavy atom. The van der Waals surface area contributed by atoms with Crippen molar-refractivity contribution in [3.8, 4) is 0 Å². The first-order valence-corrected chi connectivity index (χ1v) is 8.09. The van der Waals surface area contributed by atoms with Crippen LogP contribution in [0.1, 0.15) is 19.2 Å². The Bertz CT molecular complexity index is 592. The molecule has 0 radical (unpaired) electrons. The second kappa shape index (κ2) is 6.85. The maximum absolute atomic E-state index is 6.01. The van der Waals surface area contributed by atoms with Crippen LogP contribution in [0.15, 0.2) is 28.7 Å². The van der Waals surface area contributed by atoms with E-state index in [1.165, 1.54) is 0 Å². The van der Waals surface area contributed by atoms with E-state index < -0.39 is 0 Å². The lowest BCUT2D eigenvalue weighted by Crippen LogP contribution is -2.00. The van der Waals surface area contributed by atoms with E-state index in [0.717, 1.165) is 38.2 Å². The number of rotatable bonds is 4. The summed E-state index contributed by atoms with van der Waals surface area (Å²) in [5, 5.41) is 3.71. The fourth-order valence-electron chi connectivity index (χ4n) is 1.59. The smallest absolute Gasteiger partial charge is 0.135 e. The first-order valence-electron chi connectivity index (χ1n) is 5.84. The van der Waals surface area contributed by atoms with E-state index in [0.29, 0.717) is 5.15 Å². The summed E-state index contributed by atoms with van der Waals surface area (Å²) in [6.07, 6.45) is 1.82. The molecule has 2 aromatic rings. The predicted molar refractivity (Wildman–Crippen MR) is 91.2 cm³/mol. The molecule has 0 atom stereocenters. The molecule has 1 heterocycles. The Hall–Kier alpha value is -0.400. The van der Waals surface area contributed by atoms with Crippen LogP contribution in [0.3, 0.4) is 0 Å². The zero-order valence-electron chi connectivity index (χ0n) is 10.3. The van der Waals surface area contributed by atoms with E-state index >= 15 is 0 Å². The van der Waals surface area contributed by atoms with E-state index in [1.54, 1.807) is 6.07 Å². The third kappa shape index (κ3) is 4.29. The Labute approximate surface area is 139 Å². The summed E-state index contributed by atoms with van der Waals surface area (Å²) in [7, 11) is 0. The first kappa shape index (κ1) is 15.0. The van der Waals surface area contributed by atoms with Gasteiger partial charge in [-0.25, -0.2) is 9.97 Å². The lowest BCUT2D eigenvalue weighted by Gasteiger charge is -2.08. The maximum Gasteiger partial charge on any atom is 0.135 e. The second-order valence-electron chi connectivity index (χ2n) is 4.00. The largest absolute Gasteiger partial charge is 0.340 e. The molecule has 0 spiro atoms. The van der Waals surface area contributed by atoms with Crippen LogP contribution < -0.4 is 5.32 Å². The zero-order chi connectivity index (χ0) is 13.8. The molecule has 1 aromatic carbocycles. The molecule has 0 saturated carbocycles. The summed E-state index contributed by atoms with van der Waals surface area (Å²) in [5.41, 5.74) is 0.963. The quantitative estimate of drug-likeness (QED) is 0.512. The zero-order valence-corrected chi connectivity index (χ0v) is 14.8. The fraction of sp³-hybridized carbons (Fsp3) is 0.231. The minimum atomic E-state index is 0.463. The molecule has 3 nitrogen and oxygen atoms in total. The Morgan fingerprint density at radius 3 is 2.79 bits per heavy atom. The highest BCUT2D eigenvalue weighted by molar-refractivity contribution is 14.1. The van der Waals surface area contributed by atoms with Gasteiger partial charge in [-0.2, -0.15) is 0 Å². The van der Waals surface area contributed by atoms with Gasteiger partial charge >= 0.3 is 0 Å². The Kier molecular flexibility index (Phi) is 5.41. The lowest BCUT2D eigenvalue weighted by molar-refractivity contribution is 0.837. The van der Waals surface area contributed by atoms with Gasteiger partial charge in [0.25, 0.3) is 0 Å². The van der Waals surface area contributed by atoms with Crippen molar-refractivity contribution in [3.05, 3.63) is 43.3 Å². The number of halogens is 3. The van der Waals surface area contributed by atoms with Crippen LogP contribution in [0.5, 0.6) is 0 Å². The van der Waals surface area contributed by atoms with Gasteiger partial charge in [-0.15, -0.1) is 0 Å². The van der Waals surface area contributed by atoms with Gasteiger partial charge in [0.2, 0.25) is 0 Å². The summed E-state index contributed by atoms with van der Waals surface area (Å²) in [6.45, 7) is 2.09. The van der Waals surface area contributed by atoms with Gasteiger partial charge in [-0.1, -0.05) is 18.5 Å². The average molecular weight is 453 g/mol. The van der Waals surface area contributed by atoms with E-state index in [4.69, 9.17) is 11.6 Å². The minimum Gasteiger partial charge on any atom is -0.340 e. The van der Waals surface area contributed by atoms with Crippen molar-refractivity contribution < 1.29 is 0 Å². The summed E-state index contributed by atoms with van der Waals surface area (Å²) in [6, 6.07) is 7.77. The molecule has 0 unspecified atom stereocenters. The van der Waals surface area contributed by atoms with Crippen LogP contribution in [-0.4, -0.2) is 9.97 Å². The highest BCUT2D eigenvalue weighted by Crippen LogP contribution is 2.25. The summed E-state index contributed by atoms with van der Waals surface area (Å²) in [5.74, 6) is 1.48. The van der Waals surface area contributed by atoms with E-state index in [9.17, 15) is 0 Å². The van der Waals surface area contributed by atoms with Crippen LogP contribution in [-0.2, 0) is 6.42 Å². The van der Waals surface area contributed by atoms with E-state index in [-0.39, 0.29) is 0 Å². The number of nitrogens with zero attached hydrogens (tertiary/aromatic N) is 2. The number of benzene rings is 1. The minimum absolute atomic E-state index is 0.463. The van der Waals surface area contributed by atoms with Gasteiger partial charge in [0.15, 0.2) is 0 Å². The molecule has 6 heteroatoms. The molecule has 0 aliphatic carbocycles. The van der Waals surface area contributed by atoms with Crippen molar-refractivity contribution in [3.63, 3.8) is 0 Å². The van der Waals surface area contributed by atoms with Crippen LogP contribution in [0.25, 0.3) is 0 Å². The average Bonchev–Trinajstić information content (AvgIpc) is 2.33. The van der Waals surface area contributed by atoms with Gasteiger partial charge in [-0.05, 0) is 63.1 Å². The van der Waals surface area contributed by atoms with Crippen LogP contribution in [0.4, 0.5) is 11.5 Å². The lowest BCUT2D eigenvalue weighted by atomic mass is 10.3. The molecule has 0 amide bonds. The molecule has 0 aliphatic rings. The predicted octanol–water partition coefficient (Wildman–Crippen LogP) is 5.19. The maximum atomic E-state index is 6.01. The summed E-state index contributed by atoms with van der Waals surface area (Å²) >= 11 is 11.8. The van der Waals surface area contributed by atoms with Gasteiger partial charge in [0.1, 0.15) is 16.8 Å². The highest BCUT2D eigenvalue weighted by atomic mass is 127. The van der Waals surface area contributed by atoms with Gasteiger partial charge in [0, 0.05) is 26.2 Å². The molecule has 19 heavy (non-hydrogen) atoms. The van der Waals surface area contributed by atoms with Crippen molar-refractivity contribution in [1.29, 1.82) is 0 Å². The van der Waals surface area contributed by atoms with Gasteiger partial charge < -0.3 is 5.32 Å². The van der Waals surface area contributed by atoms with Crippen LogP contribution in [0.2, 0.25) is 5.15 Å². The van der Waals surface area contributed by atoms with Gasteiger partial charge in [0.05, 0.1) is 0 Å². The molecule has 1 aromatic heterocycles. The summed E-state index contributed by atoms with van der Waals surface area (Å²) in [4.78, 5) is 8.65. The Morgan fingerprint density at radius 2 is 2.11 bits per heavy atom. The van der Waals surface area contributed by atoms with Gasteiger partial charge in [-0.3, -0.25) is 0 Å². The standard InChI is InChI=1S/C13H12BrClIN3/c1-2-3-12-18-11(15)7-13(19-12)17-8-4-5-10(16)9(14)6-8/h4-7H,2-3H2,1H3,(H,17,18,19). The van der Waals surface area contributed by atoms with E-state index in [2.05, 4.69) is 60.7 Å². The van der Waals surface area contributed by atoms with Crippen molar-refractivity contribution >= 4 is 61.6 Å². The summed E-state index contributed by atoms with van der Waals surface area (Å²) < 4.78 is 2.21. The number of aryl methyl sites for hydroxylation is 1. The molecule has 100 valence electrons. The van der Waals surface area contributed by atoms with Crippen molar-refractivity contribution in [2.45, 2.75) is 19.8 Å². The van der Waals surface area contributed by atoms with Crippen molar-refractivity contribution in [2.75, 3.05) is 5.32 Å². The second-order valence-corrected chi connectivity index (χ2v) is 6.40. The highest BCUT2D eigenvalue weighted by Gasteiger charge is 2.04. The monoisotopic (exact) mass is 451 g/mol. The topological polar surface area (TPSA) is 37.8 Å². The molecular formula is C13H12BrClIN3. The normalized spacial score (nSPS) is 10.5. The number of hydrogen-bond donors (Lipinski definition) is 1. The first-order chi connectivity index (χ1) is 9.08. The van der Waals surface area contributed by atoms with Crippen LogP contribution in [0, 0.1) is 3.57 Å². The number of nitrogens with one attached hydrogen (secondary N) is 1. The Balaban J connectivity index is 2.24. The number of hydrogen-bond acceptors (Lipinski definition) is 3. The molecule has 0 aliphatic heterocycles. The molecule has 1 N–H and O–H groups in total. The fourth-order valence-corrected chi connectivity index (χ4v) is 2.50. The SMILES string of the molecule is CCCc1nc(Cl)cc(Nc2ccc(I)c(Br)c2)n1. The number of aromatic nitrogens is 2. The van der Waals surface area contributed by atoms with Crippen molar-refractivity contribution in [1.82, 2.24) is 9.97 Å². The van der Waals surface area contributed by atoms with E-state index in [1.807, 2.05) is 18.2 Å². The molecule has 0 bridgehead atoms. The molecule has 0 fully saturated rings.